The summed E-state index contributed by atoms with van der Waals surface area (Å²) in [7, 11) is 1.28. The van der Waals surface area contributed by atoms with E-state index in [0.29, 0.717) is 6.07 Å². The average Bonchev–Trinajstić information content (AvgIpc) is 3.32. The van der Waals surface area contributed by atoms with Gasteiger partial charge in [-0.1, -0.05) is 0 Å². The maximum atomic E-state index is 13.5. The summed E-state index contributed by atoms with van der Waals surface area (Å²) in [5.41, 5.74) is -2.57. The normalized spacial score (nSPS) is 28.2. The molecule has 1 amide bonds. The van der Waals surface area contributed by atoms with Crippen LogP contribution in [0.1, 0.15) is 29.2 Å². The molecule has 5 atom stereocenters. The minimum absolute atomic E-state index is 0.0108. The molecular formula is C18H16F6N4O3. The largest absolute Gasteiger partial charge is 0.435 e. The summed E-state index contributed by atoms with van der Waals surface area (Å²) in [5, 5.41) is 15.8. The van der Waals surface area contributed by atoms with E-state index in [1.54, 1.807) is 0 Å². The first-order chi connectivity index (χ1) is 14.4. The first kappa shape index (κ1) is 21.6. The van der Waals surface area contributed by atoms with Crippen molar-refractivity contribution >= 4 is 11.7 Å². The molecule has 0 aromatic carbocycles. The van der Waals surface area contributed by atoms with Gasteiger partial charge in [0.25, 0.3) is 0 Å². The Kier molecular flexibility index (Phi) is 5.00. The first-order valence-electron chi connectivity index (χ1n) is 9.14. The lowest BCUT2D eigenvalue weighted by molar-refractivity contribution is -0.143. The number of nitrogens with zero attached hydrogens (tertiary/aromatic N) is 3. The molecule has 0 spiro atoms. The molecule has 2 aliphatic rings. The number of fused-ring (bicyclic) bond motifs is 2. The van der Waals surface area contributed by atoms with Crippen molar-refractivity contribution in [2.75, 3.05) is 5.32 Å². The van der Waals surface area contributed by atoms with E-state index in [1.807, 2.05) is 0 Å². The summed E-state index contributed by atoms with van der Waals surface area (Å²) in [6.45, 7) is 0. The number of anilines is 1. The maximum Gasteiger partial charge on any atom is 0.435 e. The number of halogens is 6. The number of hydrogen-bond acceptors (Lipinski definition) is 5. The van der Waals surface area contributed by atoms with Gasteiger partial charge in [-0.25, -0.2) is 4.98 Å². The SMILES string of the molecule is Cn1cc([C@H]2[C@H]3O[C@H](C[C@@H]3O)[C@@H]2C(=O)Nc2cc(C(F)(F)F)ccn2)c(C(F)(F)F)n1. The van der Waals surface area contributed by atoms with Crippen molar-refractivity contribution in [3.8, 4) is 0 Å². The minimum Gasteiger partial charge on any atom is -0.390 e. The van der Waals surface area contributed by atoms with Crippen molar-refractivity contribution in [2.24, 2.45) is 13.0 Å². The summed E-state index contributed by atoms with van der Waals surface area (Å²) in [4.78, 5) is 16.6. The van der Waals surface area contributed by atoms with Gasteiger partial charge in [0.05, 0.1) is 29.8 Å². The van der Waals surface area contributed by atoms with Crippen molar-refractivity contribution in [2.45, 2.75) is 43.0 Å². The highest BCUT2D eigenvalue weighted by molar-refractivity contribution is 5.93. The Balaban J connectivity index is 1.67. The zero-order chi connectivity index (χ0) is 22.7. The standard InChI is InChI=1S/C18H16F6N4O3/c1-28-6-8(15(27-28)18(22,23)24)12-13(10-5-9(29)14(12)31-10)16(30)26-11-4-7(2-3-25-11)17(19,20)21/h2-4,6,9-10,12-14,29H,5H2,1H3,(H,25,26,30)/t9-,10+,12+,13-,14-/m0/s1. The third-order valence-corrected chi connectivity index (χ3v) is 5.45. The van der Waals surface area contributed by atoms with Crippen LogP contribution in [0.2, 0.25) is 0 Å². The molecule has 7 nitrogen and oxygen atoms in total. The smallest absolute Gasteiger partial charge is 0.390 e. The highest BCUT2D eigenvalue weighted by Gasteiger charge is 2.59. The van der Waals surface area contributed by atoms with Crippen LogP contribution in [0.5, 0.6) is 0 Å². The zero-order valence-corrected chi connectivity index (χ0v) is 15.8. The number of pyridine rings is 1. The van der Waals surface area contributed by atoms with Crippen LogP contribution in [0.15, 0.2) is 24.5 Å². The van der Waals surface area contributed by atoms with Crippen molar-refractivity contribution in [1.82, 2.24) is 14.8 Å². The third kappa shape index (κ3) is 3.87. The number of aliphatic hydroxyl groups excluding tert-OH is 1. The van der Waals surface area contributed by atoms with Gasteiger partial charge in [0, 0.05) is 37.3 Å². The predicted octanol–water partition coefficient (Wildman–Crippen LogP) is 2.72. The molecule has 4 rings (SSSR count). The van der Waals surface area contributed by atoms with Crippen LogP contribution in [0.3, 0.4) is 0 Å². The van der Waals surface area contributed by atoms with Gasteiger partial charge in [-0.2, -0.15) is 31.4 Å². The van der Waals surface area contributed by atoms with E-state index < -0.39 is 65.5 Å². The maximum absolute atomic E-state index is 13.5. The fourth-order valence-corrected chi connectivity index (χ4v) is 4.27. The number of hydrogen-bond donors (Lipinski definition) is 2. The lowest BCUT2D eigenvalue weighted by Gasteiger charge is -2.30. The molecule has 2 fully saturated rings. The molecule has 0 unspecified atom stereocenters. The zero-order valence-electron chi connectivity index (χ0n) is 15.8. The van der Waals surface area contributed by atoms with Crippen LogP contribution in [0, 0.1) is 5.92 Å². The Bertz CT molecular complexity index is 1000. The Hall–Kier alpha value is -2.67. The van der Waals surface area contributed by atoms with E-state index >= 15 is 0 Å². The second kappa shape index (κ2) is 7.19. The van der Waals surface area contributed by atoms with Gasteiger partial charge in [0.2, 0.25) is 5.91 Å². The second-order valence-electron chi connectivity index (χ2n) is 7.52. The van der Waals surface area contributed by atoms with Crippen molar-refractivity contribution in [3.05, 3.63) is 41.3 Å². The van der Waals surface area contributed by atoms with E-state index in [4.69, 9.17) is 4.74 Å². The van der Waals surface area contributed by atoms with Crippen molar-refractivity contribution in [1.29, 1.82) is 0 Å². The number of aryl methyl sites for hydroxylation is 1. The van der Waals surface area contributed by atoms with E-state index in [-0.39, 0.29) is 12.0 Å². The Morgan fingerprint density at radius 3 is 2.61 bits per heavy atom. The lowest BCUT2D eigenvalue weighted by atomic mass is 9.74. The highest BCUT2D eigenvalue weighted by Crippen LogP contribution is 2.51. The number of alkyl halides is 6. The molecular weight excluding hydrogens is 434 g/mol. The molecule has 0 saturated carbocycles. The number of amides is 1. The van der Waals surface area contributed by atoms with Crippen LogP contribution in [0.25, 0.3) is 0 Å². The average molecular weight is 450 g/mol. The minimum atomic E-state index is -4.81. The topological polar surface area (TPSA) is 89.3 Å². The molecule has 4 heterocycles. The number of aliphatic hydroxyl groups is 1. The molecule has 0 radical (unpaired) electrons. The number of carbonyl (C=O) groups excluding carboxylic acids is 1. The summed E-state index contributed by atoms with van der Waals surface area (Å²) >= 11 is 0. The number of aromatic nitrogens is 3. The molecule has 31 heavy (non-hydrogen) atoms. The van der Waals surface area contributed by atoms with Crippen LogP contribution >= 0.6 is 0 Å². The molecule has 2 aromatic heterocycles. The van der Waals surface area contributed by atoms with Crippen LogP contribution < -0.4 is 5.32 Å². The predicted molar refractivity (Wildman–Crippen MR) is 91.6 cm³/mol. The van der Waals surface area contributed by atoms with Crippen molar-refractivity contribution in [3.63, 3.8) is 0 Å². The molecule has 2 bridgehead atoms. The van der Waals surface area contributed by atoms with Gasteiger partial charge >= 0.3 is 12.4 Å². The molecule has 2 saturated heterocycles. The molecule has 2 N–H and O–H groups in total. The summed E-state index contributed by atoms with van der Waals surface area (Å²) in [6, 6.07) is 1.35. The van der Waals surface area contributed by atoms with Gasteiger partial charge in [0.15, 0.2) is 5.69 Å². The molecule has 13 heteroatoms. The van der Waals surface area contributed by atoms with Crippen LogP contribution in [-0.4, -0.2) is 44.1 Å². The fourth-order valence-electron chi connectivity index (χ4n) is 4.27. The molecule has 168 valence electrons. The first-order valence-corrected chi connectivity index (χ1v) is 9.14. The Morgan fingerprint density at radius 2 is 1.97 bits per heavy atom. The van der Waals surface area contributed by atoms with Gasteiger partial charge in [-0.05, 0) is 12.1 Å². The third-order valence-electron chi connectivity index (χ3n) is 5.45. The highest BCUT2D eigenvalue weighted by atomic mass is 19.4. The van der Waals surface area contributed by atoms with E-state index in [1.165, 1.54) is 7.05 Å². The van der Waals surface area contributed by atoms with Gasteiger partial charge in [0.1, 0.15) is 5.82 Å². The van der Waals surface area contributed by atoms with Gasteiger partial charge in [-0.15, -0.1) is 0 Å². The summed E-state index contributed by atoms with van der Waals surface area (Å²) in [6.07, 6.45) is -10.6. The molecule has 0 aliphatic carbocycles. The number of carbonyl (C=O) groups is 1. The van der Waals surface area contributed by atoms with Gasteiger partial charge in [-0.3, -0.25) is 9.48 Å². The summed E-state index contributed by atoms with van der Waals surface area (Å²) in [5.74, 6) is -3.63. The Morgan fingerprint density at radius 1 is 1.26 bits per heavy atom. The van der Waals surface area contributed by atoms with Crippen LogP contribution in [-0.2, 0) is 28.9 Å². The Labute approximate surface area is 171 Å². The van der Waals surface area contributed by atoms with Crippen molar-refractivity contribution < 1.29 is 41.0 Å². The number of nitrogens with one attached hydrogen (secondary N) is 1. The molecule has 2 aromatic rings. The quantitative estimate of drug-likeness (QED) is 0.703. The van der Waals surface area contributed by atoms with E-state index in [0.717, 1.165) is 23.1 Å². The lowest BCUT2D eigenvalue weighted by Crippen LogP contribution is -2.41. The fraction of sp³-hybridized carbons (Fsp3) is 0.500. The van der Waals surface area contributed by atoms with E-state index in [9.17, 15) is 36.2 Å². The van der Waals surface area contributed by atoms with E-state index in [2.05, 4.69) is 15.4 Å². The second-order valence-corrected chi connectivity index (χ2v) is 7.52. The number of rotatable bonds is 3. The van der Waals surface area contributed by atoms with Gasteiger partial charge < -0.3 is 15.2 Å². The van der Waals surface area contributed by atoms with Crippen LogP contribution in [0.4, 0.5) is 32.2 Å². The number of ether oxygens (including phenoxy) is 1. The summed E-state index contributed by atoms with van der Waals surface area (Å²) < 4.78 is 85.7. The monoisotopic (exact) mass is 450 g/mol. The molecule has 2 aliphatic heterocycles.